The van der Waals surface area contributed by atoms with E-state index in [2.05, 4.69) is 35.9 Å². The lowest BCUT2D eigenvalue weighted by molar-refractivity contribution is -0.142. The van der Waals surface area contributed by atoms with Gasteiger partial charge in [-0.05, 0) is 38.1 Å². The number of hydrogen-bond donors (Lipinski definition) is 1. The SMILES string of the molecule is CC(C)C1CCC(N2CCN(C3(C)COC3)CC2)NC1. The minimum Gasteiger partial charge on any atom is -0.377 e. The molecule has 1 N–H and O–H groups in total. The fourth-order valence-electron chi connectivity index (χ4n) is 3.90. The highest BCUT2D eigenvalue weighted by atomic mass is 16.5. The molecule has 3 saturated heterocycles. The monoisotopic (exact) mass is 281 g/mol. The van der Waals surface area contributed by atoms with Crippen LogP contribution in [0.4, 0.5) is 0 Å². The van der Waals surface area contributed by atoms with E-state index in [9.17, 15) is 0 Å². The van der Waals surface area contributed by atoms with Crippen LogP contribution in [0.2, 0.25) is 0 Å². The molecule has 0 aromatic rings. The summed E-state index contributed by atoms with van der Waals surface area (Å²) in [6.07, 6.45) is 3.34. The van der Waals surface area contributed by atoms with Gasteiger partial charge in [0.05, 0.1) is 24.9 Å². The van der Waals surface area contributed by atoms with E-state index in [0.717, 1.165) is 25.0 Å². The van der Waals surface area contributed by atoms with E-state index in [1.165, 1.54) is 45.6 Å². The highest BCUT2D eigenvalue weighted by molar-refractivity contribution is 4.95. The molecule has 0 radical (unpaired) electrons. The molecule has 20 heavy (non-hydrogen) atoms. The maximum atomic E-state index is 5.40. The number of rotatable bonds is 3. The van der Waals surface area contributed by atoms with Gasteiger partial charge in [0.2, 0.25) is 0 Å². The summed E-state index contributed by atoms with van der Waals surface area (Å²) in [6, 6.07) is 0. The van der Waals surface area contributed by atoms with E-state index in [1.807, 2.05) is 0 Å². The van der Waals surface area contributed by atoms with Gasteiger partial charge in [0, 0.05) is 26.2 Å². The fourth-order valence-corrected chi connectivity index (χ4v) is 3.90. The molecule has 3 heterocycles. The van der Waals surface area contributed by atoms with Gasteiger partial charge in [-0.25, -0.2) is 0 Å². The van der Waals surface area contributed by atoms with Crippen LogP contribution in [0.1, 0.15) is 33.6 Å². The van der Waals surface area contributed by atoms with E-state index >= 15 is 0 Å². The van der Waals surface area contributed by atoms with Crippen molar-refractivity contribution in [1.29, 1.82) is 0 Å². The molecule has 0 aliphatic carbocycles. The first-order chi connectivity index (χ1) is 9.58. The molecule has 3 aliphatic heterocycles. The Kier molecular flexibility index (Phi) is 4.37. The Balaban J connectivity index is 1.45. The maximum absolute atomic E-state index is 5.40. The van der Waals surface area contributed by atoms with Crippen LogP contribution in [0.25, 0.3) is 0 Å². The Morgan fingerprint density at radius 1 is 1.10 bits per heavy atom. The minimum absolute atomic E-state index is 0.328. The van der Waals surface area contributed by atoms with E-state index in [1.54, 1.807) is 0 Å². The van der Waals surface area contributed by atoms with Crippen molar-refractivity contribution in [1.82, 2.24) is 15.1 Å². The van der Waals surface area contributed by atoms with E-state index < -0.39 is 0 Å². The highest BCUT2D eigenvalue weighted by Gasteiger charge is 2.41. The number of ether oxygens (including phenoxy) is 1. The first-order valence-corrected chi connectivity index (χ1v) is 8.39. The maximum Gasteiger partial charge on any atom is 0.0671 e. The summed E-state index contributed by atoms with van der Waals surface area (Å²) in [5.74, 6) is 1.69. The third kappa shape index (κ3) is 2.89. The van der Waals surface area contributed by atoms with Crippen LogP contribution in [-0.2, 0) is 4.74 Å². The molecule has 0 bridgehead atoms. The largest absolute Gasteiger partial charge is 0.377 e. The second-order valence-corrected chi connectivity index (χ2v) is 7.52. The Morgan fingerprint density at radius 2 is 1.80 bits per heavy atom. The van der Waals surface area contributed by atoms with Crippen molar-refractivity contribution in [3.05, 3.63) is 0 Å². The number of nitrogens with one attached hydrogen (secondary N) is 1. The summed E-state index contributed by atoms with van der Waals surface area (Å²) in [7, 11) is 0. The van der Waals surface area contributed by atoms with Crippen molar-refractivity contribution < 1.29 is 4.74 Å². The van der Waals surface area contributed by atoms with Crippen molar-refractivity contribution in [2.24, 2.45) is 11.8 Å². The number of hydrogen-bond acceptors (Lipinski definition) is 4. The van der Waals surface area contributed by atoms with Crippen LogP contribution in [0.5, 0.6) is 0 Å². The van der Waals surface area contributed by atoms with Crippen LogP contribution in [0.3, 0.4) is 0 Å². The van der Waals surface area contributed by atoms with Gasteiger partial charge in [0.15, 0.2) is 0 Å². The van der Waals surface area contributed by atoms with Crippen molar-refractivity contribution in [2.75, 3.05) is 45.9 Å². The Labute approximate surface area is 123 Å². The predicted molar refractivity (Wildman–Crippen MR) is 81.7 cm³/mol. The molecular formula is C16H31N3O. The number of piperidine rings is 1. The second kappa shape index (κ2) is 5.91. The van der Waals surface area contributed by atoms with Crippen molar-refractivity contribution in [3.8, 4) is 0 Å². The van der Waals surface area contributed by atoms with Crippen LogP contribution in [0.15, 0.2) is 0 Å². The Bertz CT molecular complexity index is 314. The molecule has 3 aliphatic rings. The Hall–Kier alpha value is -0.160. The van der Waals surface area contributed by atoms with Gasteiger partial charge < -0.3 is 10.1 Å². The molecule has 0 spiro atoms. The topological polar surface area (TPSA) is 27.7 Å². The van der Waals surface area contributed by atoms with Crippen molar-refractivity contribution in [3.63, 3.8) is 0 Å². The van der Waals surface area contributed by atoms with Gasteiger partial charge in [-0.3, -0.25) is 9.80 Å². The third-order valence-electron chi connectivity index (χ3n) is 5.71. The van der Waals surface area contributed by atoms with Crippen LogP contribution < -0.4 is 5.32 Å². The summed E-state index contributed by atoms with van der Waals surface area (Å²) in [5.41, 5.74) is 0.328. The quantitative estimate of drug-likeness (QED) is 0.846. The summed E-state index contributed by atoms with van der Waals surface area (Å²) in [5, 5.41) is 3.78. The molecule has 116 valence electrons. The Morgan fingerprint density at radius 3 is 2.25 bits per heavy atom. The molecule has 0 saturated carbocycles. The lowest BCUT2D eigenvalue weighted by Gasteiger charge is -2.51. The molecule has 0 aromatic heterocycles. The molecule has 0 aromatic carbocycles. The van der Waals surface area contributed by atoms with Gasteiger partial charge in [0.1, 0.15) is 0 Å². The zero-order valence-corrected chi connectivity index (χ0v) is 13.4. The lowest BCUT2D eigenvalue weighted by atomic mass is 9.87. The van der Waals surface area contributed by atoms with E-state index in [-0.39, 0.29) is 0 Å². The first-order valence-electron chi connectivity index (χ1n) is 8.39. The second-order valence-electron chi connectivity index (χ2n) is 7.52. The van der Waals surface area contributed by atoms with Crippen LogP contribution >= 0.6 is 0 Å². The van der Waals surface area contributed by atoms with Crippen molar-refractivity contribution >= 4 is 0 Å². The number of nitrogens with zero attached hydrogens (tertiary/aromatic N) is 2. The van der Waals surface area contributed by atoms with Gasteiger partial charge >= 0.3 is 0 Å². The first kappa shape index (κ1) is 14.8. The lowest BCUT2D eigenvalue weighted by Crippen LogP contribution is -2.66. The highest BCUT2D eigenvalue weighted by Crippen LogP contribution is 2.27. The minimum atomic E-state index is 0.328. The molecule has 2 unspecified atom stereocenters. The number of piperazine rings is 1. The molecule has 3 fully saturated rings. The zero-order valence-electron chi connectivity index (χ0n) is 13.4. The molecular weight excluding hydrogens is 250 g/mol. The summed E-state index contributed by atoms with van der Waals surface area (Å²) in [4.78, 5) is 5.29. The van der Waals surface area contributed by atoms with E-state index in [0.29, 0.717) is 11.7 Å². The molecule has 4 nitrogen and oxygen atoms in total. The third-order valence-corrected chi connectivity index (χ3v) is 5.71. The van der Waals surface area contributed by atoms with Gasteiger partial charge in [-0.15, -0.1) is 0 Å². The molecule has 4 heteroatoms. The van der Waals surface area contributed by atoms with Crippen LogP contribution in [-0.4, -0.2) is 67.4 Å². The van der Waals surface area contributed by atoms with Crippen LogP contribution in [0, 0.1) is 11.8 Å². The smallest absolute Gasteiger partial charge is 0.0671 e. The predicted octanol–water partition coefficient (Wildman–Crippen LogP) is 1.37. The fraction of sp³-hybridized carbons (Fsp3) is 1.00. The molecule has 2 atom stereocenters. The van der Waals surface area contributed by atoms with Gasteiger partial charge in [0.25, 0.3) is 0 Å². The molecule has 3 rings (SSSR count). The van der Waals surface area contributed by atoms with Gasteiger partial charge in [-0.1, -0.05) is 13.8 Å². The summed E-state index contributed by atoms with van der Waals surface area (Å²) < 4.78 is 5.40. The normalized spacial score (nSPS) is 36.0. The van der Waals surface area contributed by atoms with E-state index in [4.69, 9.17) is 4.74 Å². The average molecular weight is 281 g/mol. The summed E-state index contributed by atoms with van der Waals surface area (Å²) in [6.45, 7) is 14.9. The molecule has 0 amide bonds. The van der Waals surface area contributed by atoms with Crippen molar-refractivity contribution in [2.45, 2.75) is 45.3 Å². The summed E-state index contributed by atoms with van der Waals surface area (Å²) >= 11 is 0. The average Bonchev–Trinajstić information content (AvgIpc) is 2.45. The standard InChI is InChI=1S/C16H31N3O/c1-13(2)14-4-5-15(17-10-14)18-6-8-19(9-7-18)16(3)11-20-12-16/h13-15,17H,4-12H2,1-3H3. The zero-order chi connectivity index (χ0) is 14.2. The van der Waals surface area contributed by atoms with Gasteiger partial charge in [-0.2, -0.15) is 0 Å².